The molecule has 2 aromatic rings. The van der Waals surface area contributed by atoms with E-state index in [1.165, 1.54) is 11.4 Å². The summed E-state index contributed by atoms with van der Waals surface area (Å²) < 4.78 is 34.7. The van der Waals surface area contributed by atoms with Gasteiger partial charge in [-0.1, -0.05) is 19.1 Å². The fourth-order valence-corrected chi connectivity index (χ4v) is 5.66. The van der Waals surface area contributed by atoms with Crippen LogP contribution in [0.5, 0.6) is 0 Å². The van der Waals surface area contributed by atoms with Gasteiger partial charge in [-0.05, 0) is 30.9 Å². The maximum atomic E-state index is 13.3. The molecule has 2 aliphatic heterocycles. The summed E-state index contributed by atoms with van der Waals surface area (Å²) in [7, 11) is -2.19. The van der Waals surface area contributed by atoms with Crippen molar-refractivity contribution in [3.8, 4) is 5.69 Å². The van der Waals surface area contributed by atoms with Crippen LogP contribution in [0.15, 0.2) is 35.5 Å². The fourth-order valence-electron chi connectivity index (χ4n) is 4.09. The molecule has 1 fully saturated rings. The number of hydrogen-bond donors (Lipinski definition) is 0. The molecule has 0 N–H and O–H groups in total. The minimum Gasteiger partial charge on any atom is -0.383 e. The van der Waals surface area contributed by atoms with Gasteiger partial charge in [0.1, 0.15) is 11.2 Å². The van der Waals surface area contributed by atoms with E-state index in [9.17, 15) is 13.2 Å². The number of rotatable bonds is 4. The van der Waals surface area contributed by atoms with E-state index in [0.29, 0.717) is 36.1 Å². The lowest BCUT2D eigenvalue weighted by molar-refractivity contribution is 0.0675. The van der Waals surface area contributed by atoms with Crippen LogP contribution in [0.25, 0.3) is 5.69 Å². The molecule has 9 heteroatoms. The van der Waals surface area contributed by atoms with Crippen molar-refractivity contribution in [1.29, 1.82) is 0 Å². The number of hydrogen-bond acceptors (Lipinski definition) is 5. The molecular weight excluding hydrogens is 392 g/mol. The first-order valence-electron chi connectivity index (χ1n) is 9.87. The Morgan fingerprint density at radius 1 is 1.31 bits per heavy atom. The Kier molecular flexibility index (Phi) is 5.46. The summed E-state index contributed by atoms with van der Waals surface area (Å²) in [5, 5.41) is 0. The maximum Gasteiger partial charge on any atom is 0.274 e. The van der Waals surface area contributed by atoms with Crippen molar-refractivity contribution in [2.24, 2.45) is 5.92 Å². The van der Waals surface area contributed by atoms with Crippen molar-refractivity contribution >= 4 is 15.9 Å². The van der Waals surface area contributed by atoms with Gasteiger partial charge >= 0.3 is 0 Å². The highest BCUT2D eigenvalue weighted by Crippen LogP contribution is 2.31. The number of benzene rings is 1. The molecule has 1 amide bonds. The highest BCUT2D eigenvalue weighted by atomic mass is 32.2. The van der Waals surface area contributed by atoms with Crippen molar-refractivity contribution in [2.45, 2.75) is 31.2 Å². The van der Waals surface area contributed by atoms with E-state index < -0.39 is 10.0 Å². The smallest absolute Gasteiger partial charge is 0.274 e. The van der Waals surface area contributed by atoms with Crippen LogP contribution in [0.2, 0.25) is 0 Å². The molecule has 1 atom stereocenters. The molecule has 2 aliphatic rings. The van der Waals surface area contributed by atoms with Crippen LogP contribution in [-0.4, -0.2) is 66.4 Å². The topological polar surface area (TPSA) is 84.7 Å². The Morgan fingerprint density at radius 2 is 2.10 bits per heavy atom. The van der Waals surface area contributed by atoms with Crippen LogP contribution in [0.4, 0.5) is 0 Å². The summed E-state index contributed by atoms with van der Waals surface area (Å²) in [5.74, 6) is 0.321. The Morgan fingerprint density at radius 3 is 2.86 bits per heavy atom. The molecule has 156 valence electrons. The fraction of sp³-hybridized carbons (Fsp3) is 0.500. The average molecular weight is 419 g/mol. The molecule has 1 saturated heterocycles. The second-order valence-corrected chi connectivity index (χ2v) is 9.61. The maximum absolute atomic E-state index is 13.3. The summed E-state index contributed by atoms with van der Waals surface area (Å²) in [6, 6.07) is 6.83. The van der Waals surface area contributed by atoms with Crippen molar-refractivity contribution in [2.75, 3.05) is 33.4 Å². The van der Waals surface area contributed by atoms with Gasteiger partial charge in [0.15, 0.2) is 5.69 Å². The van der Waals surface area contributed by atoms with Crippen molar-refractivity contribution in [3.05, 3.63) is 42.0 Å². The minimum absolute atomic E-state index is 0.0742. The third kappa shape index (κ3) is 3.58. The monoisotopic (exact) mass is 418 g/mol. The van der Waals surface area contributed by atoms with Crippen LogP contribution < -0.4 is 0 Å². The number of aromatic nitrogens is 2. The first-order chi connectivity index (χ1) is 13.9. The number of methoxy groups -OCH3 is 1. The molecule has 0 spiro atoms. The first-order valence-corrected chi connectivity index (χ1v) is 11.3. The molecule has 1 aromatic heterocycles. The molecule has 8 nitrogen and oxygen atoms in total. The van der Waals surface area contributed by atoms with Crippen LogP contribution in [0.1, 0.15) is 35.9 Å². The number of amides is 1. The van der Waals surface area contributed by atoms with Crippen molar-refractivity contribution in [1.82, 2.24) is 18.8 Å². The minimum atomic E-state index is -3.73. The normalized spacial score (nSPS) is 21.3. The number of carbonyl (C=O) groups excluding carboxylic acids is 1. The number of carbonyl (C=O) groups is 1. The van der Waals surface area contributed by atoms with E-state index in [1.54, 1.807) is 35.2 Å². The zero-order chi connectivity index (χ0) is 20.6. The van der Waals surface area contributed by atoms with Gasteiger partial charge in [0, 0.05) is 26.7 Å². The third-order valence-electron chi connectivity index (χ3n) is 5.63. The van der Waals surface area contributed by atoms with Gasteiger partial charge in [-0.15, -0.1) is 0 Å². The summed E-state index contributed by atoms with van der Waals surface area (Å²) >= 11 is 0. The standard InChI is InChI=1S/C20H26N4O4S/c1-15-6-5-9-22(12-15)20(25)19-17-13-23(10-11-28-2)29(26,27)18-8-4-3-7-16(18)24(17)14-21-19/h3-4,7-8,14-15H,5-6,9-13H2,1-2H3/t15-/m0/s1. The average Bonchev–Trinajstić information content (AvgIpc) is 3.10. The van der Waals surface area contributed by atoms with Gasteiger partial charge in [0.2, 0.25) is 10.0 Å². The Labute approximate surface area is 171 Å². The van der Waals surface area contributed by atoms with E-state index in [-0.39, 0.29) is 30.5 Å². The Bertz CT molecular complexity index is 1020. The molecule has 0 aliphatic carbocycles. The lowest BCUT2D eigenvalue weighted by Crippen LogP contribution is -2.40. The lowest BCUT2D eigenvalue weighted by atomic mass is 10.00. The van der Waals surface area contributed by atoms with Crippen LogP contribution >= 0.6 is 0 Å². The van der Waals surface area contributed by atoms with Crippen LogP contribution in [0, 0.1) is 5.92 Å². The number of nitrogens with zero attached hydrogens (tertiary/aromatic N) is 4. The molecule has 0 bridgehead atoms. The van der Waals surface area contributed by atoms with Gasteiger partial charge in [-0.2, -0.15) is 4.31 Å². The number of imidazole rings is 1. The van der Waals surface area contributed by atoms with E-state index in [4.69, 9.17) is 4.74 Å². The van der Waals surface area contributed by atoms with E-state index in [1.807, 2.05) is 4.90 Å². The second-order valence-electron chi connectivity index (χ2n) is 7.71. The summed E-state index contributed by atoms with van der Waals surface area (Å²) in [4.78, 5) is 19.7. The molecule has 0 saturated carbocycles. The Balaban J connectivity index is 1.80. The number of para-hydroxylation sites is 1. The molecule has 29 heavy (non-hydrogen) atoms. The lowest BCUT2D eigenvalue weighted by Gasteiger charge is -2.30. The van der Waals surface area contributed by atoms with Crippen molar-refractivity contribution in [3.63, 3.8) is 0 Å². The predicted octanol–water partition coefficient (Wildman–Crippen LogP) is 1.90. The van der Waals surface area contributed by atoms with Gasteiger partial charge in [-0.25, -0.2) is 13.4 Å². The summed E-state index contributed by atoms with van der Waals surface area (Å²) in [6.07, 6.45) is 3.64. The SMILES string of the molecule is COCCN1Cc2c(C(=O)N3CCC[C@H](C)C3)ncn2-c2ccccc2S1(=O)=O. The zero-order valence-corrected chi connectivity index (χ0v) is 17.6. The highest BCUT2D eigenvalue weighted by Gasteiger charge is 2.35. The molecular formula is C20H26N4O4S. The molecule has 3 heterocycles. The number of sulfonamides is 1. The zero-order valence-electron chi connectivity index (χ0n) is 16.7. The number of likely N-dealkylation sites (tertiary alicyclic amines) is 1. The van der Waals surface area contributed by atoms with Crippen molar-refractivity contribution < 1.29 is 17.9 Å². The molecule has 4 rings (SSSR count). The summed E-state index contributed by atoms with van der Waals surface area (Å²) in [6.45, 7) is 4.09. The third-order valence-corrected chi connectivity index (χ3v) is 7.52. The van der Waals surface area contributed by atoms with Crippen LogP contribution in [-0.2, 0) is 21.3 Å². The molecule has 0 radical (unpaired) electrons. The number of piperidine rings is 1. The van der Waals surface area contributed by atoms with Gasteiger partial charge in [-0.3, -0.25) is 9.36 Å². The highest BCUT2D eigenvalue weighted by molar-refractivity contribution is 7.89. The molecule has 1 aromatic carbocycles. The largest absolute Gasteiger partial charge is 0.383 e. The van der Waals surface area contributed by atoms with E-state index in [2.05, 4.69) is 11.9 Å². The Hall–Kier alpha value is -2.23. The first kappa shape index (κ1) is 20.1. The molecule has 0 unspecified atom stereocenters. The number of fused-ring (bicyclic) bond motifs is 3. The predicted molar refractivity (Wildman–Crippen MR) is 107 cm³/mol. The van der Waals surface area contributed by atoms with Gasteiger partial charge in [0.25, 0.3) is 5.91 Å². The van der Waals surface area contributed by atoms with E-state index in [0.717, 1.165) is 12.8 Å². The second kappa shape index (κ2) is 7.89. The quantitative estimate of drug-likeness (QED) is 0.757. The van der Waals surface area contributed by atoms with E-state index >= 15 is 0 Å². The number of ether oxygens (including phenoxy) is 1. The van der Waals surface area contributed by atoms with Gasteiger partial charge < -0.3 is 9.64 Å². The summed E-state index contributed by atoms with van der Waals surface area (Å²) in [5.41, 5.74) is 1.44. The van der Waals surface area contributed by atoms with Gasteiger partial charge in [0.05, 0.1) is 24.5 Å². The van der Waals surface area contributed by atoms with Crippen LogP contribution in [0.3, 0.4) is 0 Å².